The van der Waals surface area contributed by atoms with Gasteiger partial charge >= 0.3 is 0 Å². The molecule has 3 aromatic rings. The highest BCUT2D eigenvalue weighted by molar-refractivity contribution is 9.10. The van der Waals surface area contributed by atoms with Gasteiger partial charge in [0.15, 0.2) is 0 Å². The lowest BCUT2D eigenvalue weighted by molar-refractivity contribution is 1.24. The van der Waals surface area contributed by atoms with Crippen molar-refractivity contribution in [3.8, 4) is 11.1 Å². The number of nitrogens with two attached hydrogens (primary N) is 1. The summed E-state index contributed by atoms with van der Waals surface area (Å²) < 4.78 is 1.06. The molecule has 3 nitrogen and oxygen atoms in total. The second kappa shape index (κ2) is 4.33. The lowest BCUT2D eigenvalue weighted by Gasteiger charge is -2.03. The van der Waals surface area contributed by atoms with E-state index in [1.54, 1.807) is 11.3 Å². The molecule has 0 radical (unpaired) electrons. The molecule has 0 saturated heterocycles. The molecule has 0 atom stereocenters. The van der Waals surface area contributed by atoms with Gasteiger partial charge in [-0.15, -0.1) is 11.3 Å². The number of benzene rings is 1. The second-order valence-corrected chi connectivity index (χ2v) is 6.10. The molecule has 2 N–H and O–H groups in total. The Morgan fingerprint density at radius 2 is 1.89 bits per heavy atom. The van der Waals surface area contributed by atoms with Crippen LogP contribution < -0.4 is 5.73 Å². The Kier molecular flexibility index (Phi) is 2.80. The quantitative estimate of drug-likeness (QED) is 0.737. The van der Waals surface area contributed by atoms with Crippen molar-refractivity contribution in [3.05, 3.63) is 39.9 Å². The van der Waals surface area contributed by atoms with Crippen LogP contribution >= 0.6 is 27.3 Å². The number of fused-ring (bicyclic) bond motifs is 1. The molecule has 0 spiro atoms. The van der Waals surface area contributed by atoms with Gasteiger partial charge in [0.05, 0.1) is 5.39 Å². The molecule has 0 aliphatic heterocycles. The van der Waals surface area contributed by atoms with Gasteiger partial charge in [-0.05, 0) is 24.6 Å². The van der Waals surface area contributed by atoms with Crippen molar-refractivity contribution in [1.82, 2.24) is 9.97 Å². The van der Waals surface area contributed by atoms with E-state index in [1.807, 2.05) is 12.1 Å². The van der Waals surface area contributed by atoms with Crippen molar-refractivity contribution in [1.29, 1.82) is 0 Å². The maximum Gasteiger partial charge on any atom is 0.136 e. The van der Waals surface area contributed by atoms with Gasteiger partial charge in [0.2, 0.25) is 0 Å². The average Bonchev–Trinajstić information content (AvgIpc) is 2.68. The van der Waals surface area contributed by atoms with Crippen LogP contribution in [-0.2, 0) is 0 Å². The number of rotatable bonds is 1. The summed E-state index contributed by atoms with van der Waals surface area (Å²) >= 11 is 5.09. The number of halogens is 1. The minimum atomic E-state index is 0.544. The Morgan fingerprint density at radius 3 is 2.61 bits per heavy atom. The number of thiophene rings is 1. The molecule has 0 fully saturated rings. The molecule has 0 aliphatic rings. The van der Waals surface area contributed by atoms with E-state index in [-0.39, 0.29) is 0 Å². The molecule has 0 unspecified atom stereocenters. The van der Waals surface area contributed by atoms with Crippen LogP contribution in [0.4, 0.5) is 5.82 Å². The van der Waals surface area contributed by atoms with Crippen LogP contribution in [0.3, 0.4) is 0 Å². The van der Waals surface area contributed by atoms with Crippen LogP contribution in [0.25, 0.3) is 21.3 Å². The smallest absolute Gasteiger partial charge is 0.136 e. The number of aryl methyl sites for hydroxylation is 1. The van der Waals surface area contributed by atoms with Crippen LogP contribution in [0.2, 0.25) is 0 Å². The molecule has 1 aromatic carbocycles. The molecule has 0 bridgehead atoms. The molecule has 0 amide bonds. The Balaban J connectivity index is 2.34. The molecule has 18 heavy (non-hydrogen) atoms. The highest BCUT2D eigenvalue weighted by atomic mass is 79.9. The van der Waals surface area contributed by atoms with Gasteiger partial charge in [0.1, 0.15) is 17.0 Å². The number of anilines is 1. The summed E-state index contributed by atoms with van der Waals surface area (Å²) in [7, 11) is 0. The zero-order chi connectivity index (χ0) is 12.7. The van der Waals surface area contributed by atoms with Crippen LogP contribution in [-0.4, -0.2) is 9.97 Å². The van der Waals surface area contributed by atoms with E-state index in [9.17, 15) is 0 Å². The van der Waals surface area contributed by atoms with Gasteiger partial charge in [-0.3, -0.25) is 0 Å². The summed E-state index contributed by atoms with van der Waals surface area (Å²) in [6, 6.07) is 8.20. The van der Waals surface area contributed by atoms with Crippen molar-refractivity contribution in [3.63, 3.8) is 0 Å². The van der Waals surface area contributed by atoms with Crippen LogP contribution in [0.15, 0.2) is 35.1 Å². The maximum atomic E-state index is 5.98. The van der Waals surface area contributed by atoms with Crippen LogP contribution in [0, 0.1) is 6.92 Å². The highest BCUT2D eigenvalue weighted by Gasteiger charge is 2.14. The fraction of sp³-hybridized carbons (Fsp3) is 0.0769. The predicted octanol–water partition coefficient (Wildman–Crippen LogP) is 4.01. The van der Waals surface area contributed by atoms with Gasteiger partial charge in [0, 0.05) is 14.9 Å². The Labute approximate surface area is 117 Å². The molecule has 2 aromatic heterocycles. The van der Waals surface area contributed by atoms with E-state index in [0.29, 0.717) is 5.82 Å². The summed E-state index contributed by atoms with van der Waals surface area (Å²) in [6.45, 7) is 2.09. The van der Waals surface area contributed by atoms with E-state index in [0.717, 1.165) is 25.8 Å². The summed E-state index contributed by atoms with van der Waals surface area (Å²) in [6.07, 6.45) is 1.51. The van der Waals surface area contributed by atoms with Crippen LogP contribution in [0.1, 0.15) is 4.88 Å². The van der Waals surface area contributed by atoms with Gasteiger partial charge in [0.25, 0.3) is 0 Å². The first-order valence-electron chi connectivity index (χ1n) is 5.42. The third kappa shape index (κ3) is 1.79. The van der Waals surface area contributed by atoms with Crippen molar-refractivity contribution in [2.24, 2.45) is 0 Å². The van der Waals surface area contributed by atoms with E-state index in [2.05, 4.69) is 45.0 Å². The number of aromatic nitrogens is 2. The van der Waals surface area contributed by atoms with Gasteiger partial charge in [-0.1, -0.05) is 28.1 Å². The second-order valence-electron chi connectivity index (χ2n) is 3.98. The first kappa shape index (κ1) is 11.6. The van der Waals surface area contributed by atoms with Crippen LogP contribution in [0.5, 0.6) is 0 Å². The summed E-state index contributed by atoms with van der Waals surface area (Å²) in [5.41, 5.74) is 8.27. The minimum absolute atomic E-state index is 0.544. The lowest BCUT2D eigenvalue weighted by atomic mass is 10.0. The molecule has 2 heterocycles. The van der Waals surface area contributed by atoms with E-state index in [4.69, 9.17) is 5.73 Å². The molecular weight excluding hydrogens is 310 g/mol. The maximum absolute atomic E-state index is 5.98. The van der Waals surface area contributed by atoms with Crippen molar-refractivity contribution < 1.29 is 0 Å². The molecule has 90 valence electrons. The molecule has 0 saturated carbocycles. The van der Waals surface area contributed by atoms with E-state index in [1.165, 1.54) is 11.2 Å². The molecular formula is C13H10BrN3S. The SMILES string of the molecule is Cc1sc2ncnc(N)c2c1-c1ccc(Br)cc1. The summed E-state index contributed by atoms with van der Waals surface area (Å²) in [4.78, 5) is 10.5. The molecule has 0 aliphatic carbocycles. The number of hydrogen-bond acceptors (Lipinski definition) is 4. The average molecular weight is 320 g/mol. The fourth-order valence-electron chi connectivity index (χ4n) is 2.03. The molecule has 3 rings (SSSR count). The van der Waals surface area contributed by atoms with E-state index < -0.39 is 0 Å². The fourth-order valence-corrected chi connectivity index (χ4v) is 3.32. The number of nitrogen functional groups attached to an aromatic ring is 1. The van der Waals surface area contributed by atoms with E-state index >= 15 is 0 Å². The largest absolute Gasteiger partial charge is 0.383 e. The first-order valence-corrected chi connectivity index (χ1v) is 7.03. The normalized spacial score (nSPS) is 11.0. The Morgan fingerprint density at radius 1 is 1.17 bits per heavy atom. The third-order valence-electron chi connectivity index (χ3n) is 2.83. The predicted molar refractivity (Wildman–Crippen MR) is 79.7 cm³/mol. The summed E-state index contributed by atoms with van der Waals surface area (Å²) in [5, 5.41) is 0.960. The molecule has 5 heteroatoms. The van der Waals surface area contributed by atoms with Gasteiger partial charge < -0.3 is 5.73 Å². The monoisotopic (exact) mass is 319 g/mol. The lowest BCUT2D eigenvalue weighted by Crippen LogP contribution is -1.92. The Hall–Kier alpha value is -1.46. The zero-order valence-electron chi connectivity index (χ0n) is 9.64. The first-order chi connectivity index (χ1) is 8.66. The van der Waals surface area contributed by atoms with Crippen molar-refractivity contribution in [2.75, 3.05) is 5.73 Å². The third-order valence-corrected chi connectivity index (χ3v) is 4.37. The minimum Gasteiger partial charge on any atom is -0.383 e. The highest BCUT2D eigenvalue weighted by Crippen LogP contribution is 2.39. The topological polar surface area (TPSA) is 51.8 Å². The van der Waals surface area contributed by atoms with Gasteiger partial charge in [-0.25, -0.2) is 9.97 Å². The van der Waals surface area contributed by atoms with Crippen molar-refractivity contribution in [2.45, 2.75) is 6.92 Å². The summed E-state index contributed by atoms with van der Waals surface area (Å²) in [5.74, 6) is 0.544. The van der Waals surface area contributed by atoms with Crippen molar-refractivity contribution >= 4 is 43.3 Å². The van der Waals surface area contributed by atoms with Gasteiger partial charge in [-0.2, -0.15) is 0 Å². The number of hydrogen-bond donors (Lipinski definition) is 1. The number of nitrogens with zero attached hydrogens (tertiary/aromatic N) is 2. The Bertz CT molecular complexity index is 719. The standard InChI is InChI=1S/C13H10BrN3S/c1-7-10(8-2-4-9(14)5-3-8)11-12(15)16-6-17-13(11)18-7/h2-6H,1H3,(H2,15,16,17). The zero-order valence-corrected chi connectivity index (χ0v) is 12.0.